The minimum atomic E-state index is 0.320. The summed E-state index contributed by atoms with van der Waals surface area (Å²) in [7, 11) is 5.82. The maximum absolute atomic E-state index is 5.82. The van der Waals surface area contributed by atoms with Crippen LogP contribution in [0.15, 0.2) is 0 Å². The van der Waals surface area contributed by atoms with Crippen LogP contribution in [0.1, 0.15) is 84.5 Å². The molecule has 2 saturated carbocycles. The summed E-state index contributed by atoms with van der Waals surface area (Å²) < 4.78 is 0. The Morgan fingerprint density at radius 3 is 2.10 bits per heavy atom. The van der Waals surface area contributed by atoms with E-state index in [1.165, 1.54) is 57.8 Å². The van der Waals surface area contributed by atoms with Gasteiger partial charge >= 0.3 is 0 Å². The van der Waals surface area contributed by atoms with Crippen molar-refractivity contribution in [2.45, 2.75) is 90.3 Å². The van der Waals surface area contributed by atoms with Crippen LogP contribution in [-0.2, 0) is 0 Å². The molecule has 0 aromatic rings. The highest BCUT2D eigenvalue weighted by Gasteiger charge is 2.27. The van der Waals surface area contributed by atoms with E-state index in [9.17, 15) is 0 Å². The van der Waals surface area contributed by atoms with E-state index in [-0.39, 0.29) is 0 Å². The first-order chi connectivity index (χ1) is 10.1. The van der Waals surface area contributed by atoms with Crippen molar-refractivity contribution in [3.63, 3.8) is 0 Å². The third-order valence-electron chi connectivity index (χ3n) is 5.68. The van der Waals surface area contributed by atoms with E-state index < -0.39 is 0 Å². The summed E-state index contributed by atoms with van der Waals surface area (Å²) >= 11 is 0. The van der Waals surface area contributed by atoms with Crippen LogP contribution < -0.4 is 0 Å². The van der Waals surface area contributed by atoms with Crippen molar-refractivity contribution < 1.29 is 0 Å². The van der Waals surface area contributed by atoms with Crippen molar-refractivity contribution in [3.8, 4) is 11.8 Å². The zero-order valence-electron chi connectivity index (χ0n) is 14.2. The molecule has 21 heavy (non-hydrogen) atoms. The predicted octanol–water partition coefficient (Wildman–Crippen LogP) is 5.77. The first-order valence-corrected chi connectivity index (χ1v) is 9.41. The molecule has 2 aliphatic rings. The van der Waals surface area contributed by atoms with Crippen molar-refractivity contribution in [1.29, 1.82) is 0 Å². The van der Waals surface area contributed by atoms with Gasteiger partial charge in [-0.3, -0.25) is 0 Å². The standard InChI is InChI=1S/C20H33B/c1-16(8-10-17(2)21)9-11-18-12-14-20(15-13-18)19-6-4-3-5-7-19/h16-20H,3-8,10,12-15H2,1-2H3. The maximum atomic E-state index is 5.82. The summed E-state index contributed by atoms with van der Waals surface area (Å²) in [5.41, 5.74) is 0. The second-order valence-electron chi connectivity index (χ2n) is 7.75. The van der Waals surface area contributed by atoms with E-state index in [4.69, 9.17) is 7.85 Å². The second-order valence-corrected chi connectivity index (χ2v) is 7.75. The van der Waals surface area contributed by atoms with Crippen LogP contribution in [0.2, 0.25) is 5.82 Å². The van der Waals surface area contributed by atoms with E-state index >= 15 is 0 Å². The molecule has 0 N–H and O–H groups in total. The highest BCUT2D eigenvalue weighted by Crippen LogP contribution is 2.39. The van der Waals surface area contributed by atoms with Crippen molar-refractivity contribution in [3.05, 3.63) is 0 Å². The van der Waals surface area contributed by atoms with Crippen LogP contribution in [0.4, 0.5) is 0 Å². The first kappa shape index (κ1) is 17.0. The smallest absolute Gasteiger partial charge is 0.0695 e. The lowest BCUT2D eigenvalue weighted by Gasteiger charge is -2.34. The topological polar surface area (TPSA) is 0 Å². The summed E-state index contributed by atoms with van der Waals surface area (Å²) in [5.74, 6) is 10.7. The van der Waals surface area contributed by atoms with Crippen LogP contribution in [-0.4, -0.2) is 7.85 Å². The molecule has 0 aromatic heterocycles. The minimum Gasteiger partial charge on any atom is -0.0999 e. The Morgan fingerprint density at radius 1 is 0.857 bits per heavy atom. The molecule has 2 radical (unpaired) electrons. The van der Waals surface area contributed by atoms with Gasteiger partial charge in [0.1, 0.15) is 0 Å². The summed E-state index contributed by atoms with van der Waals surface area (Å²) in [6, 6.07) is 0. The van der Waals surface area contributed by atoms with E-state index in [0.717, 1.165) is 24.7 Å². The Bertz CT molecular complexity index is 335. The van der Waals surface area contributed by atoms with Crippen LogP contribution in [0.3, 0.4) is 0 Å². The molecule has 2 rings (SSSR count). The molecule has 0 heterocycles. The largest absolute Gasteiger partial charge is 0.0999 e. The first-order valence-electron chi connectivity index (χ1n) is 9.41. The monoisotopic (exact) mass is 284 g/mol. The summed E-state index contributed by atoms with van der Waals surface area (Å²) in [4.78, 5) is 0. The maximum Gasteiger partial charge on any atom is 0.0695 e. The molecule has 1 heteroatoms. The average molecular weight is 284 g/mol. The highest BCUT2D eigenvalue weighted by atomic mass is 14.3. The van der Waals surface area contributed by atoms with Gasteiger partial charge in [-0.25, -0.2) is 0 Å². The number of hydrogen-bond acceptors (Lipinski definition) is 0. The Kier molecular flexibility index (Phi) is 7.22. The number of hydrogen-bond donors (Lipinski definition) is 0. The molecule has 0 aliphatic heterocycles. The molecular formula is C20H33B. The molecule has 0 spiro atoms. The van der Waals surface area contributed by atoms with Crippen molar-refractivity contribution in [1.82, 2.24) is 0 Å². The van der Waals surface area contributed by atoms with Gasteiger partial charge in [0.05, 0.1) is 7.85 Å². The molecule has 0 aromatic carbocycles. The van der Waals surface area contributed by atoms with E-state index in [0.29, 0.717) is 17.7 Å². The fraction of sp³-hybridized carbons (Fsp3) is 0.900. The third kappa shape index (κ3) is 6.10. The highest BCUT2D eigenvalue weighted by molar-refractivity contribution is 6.11. The average Bonchev–Trinajstić information content (AvgIpc) is 2.52. The molecule has 0 amide bonds. The normalized spacial score (nSPS) is 30.2. The van der Waals surface area contributed by atoms with Gasteiger partial charge in [-0.2, -0.15) is 0 Å². The van der Waals surface area contributed by atoms with Gasteiger partial charge in [0.15, 0.2) is 0 Å². The molecule has 0 saturated heterocycles. The SMILES string of the molecule is [B]C(C)CCC(C)C#CC1CCC(C2CCCCC2)CC1. The summed E-state index contributed by atoms with van der Waals surface area (Å²) in [5, 5.41) is 0. The summed E-state index contributed by atoms with van der Waals surface area (Å²) in [6.07, 6.45) is 15.3. The van der Waals surface area contributed by atoms with Gasteiger partial charge < -0.3 is 0 Å². The Labute approximate surface area is 134 Å². The zero-order chi connectivity index (χ0) is 15.1. The molecule has 116 valence electrons. The molecule has 2 aliphatic carbocycles. The van der Waals surface area contributed by atoms with Gasteiger partial charge in [0.25, 0.3) is 0 Å². The molecule has 0 nitrogen and oxygen atoms in total. The lowest BCUT2D eigenvalue weighted by molar-refractivity contribution is 0.182. The summed E-state index contributed by atoms with van der Waals surface area (Å²) in [6.45, 7) is 4.34. The molecule has 0 bridgehead atoms. The molecule has 2 unspecified atom stereocenters. The van der Waals surface area contributed by atoms with E-state index in [1.54, 1.807) is 0 Å². The van der Waals surface area contributed by atoms with E-state index in [1.807, 2.05) is 0 Å². The third-order valence-corrected chi connectivity index (χ3v) is 5.68. The Morgan fingerprint density at radius 2 is 1.48 bits per heavy atom. The van der Waals surface area contributed by atoms with Gasteiger partial charge in [-0.15, -0.1) is 0 Å². The molecule has 2 atom stereocenters. The molecular weight excluding hydrogens is 251 g/mol. The van der Waals surface area contributed by atoms with Crippen LogP contribution in [0.25, 0.3) is 0 Å². The van der Waals surface area contributed by atoms with Crippen LogP contribution in [0.5, 0.6) is 0 Å². The second kappa shape index (κ2) is 8.92. The van der Waals surface area contributed by atoms with Gasteiger partial charge in [-0.05, 0) is 43.9 Å². The van der Waals surface area contributed by atoms with Crippen molar-refractivity contribution in [2.75, 3.05) is 0 Å². The van der Waals surface area contributed by atoms with Crippen LogP contribution >= 0.6 is 0 Å². The predicted molar refractivity (Wildman–Crippen MR) is 93.4 cm³/mol. The Balaban J connectivity index is 1.69. The van der Waals surface area contributed by atoms with E-state index in [2.05, 4.69) is 25.7 Å². The molecule has 2 fully saturated rings. The fourth-order valence-electron chi connectivity index (χ4n) is 4.19. The van der Waals surface area contributed by atoms with Crippen molar-refractivity contribution >= 4 is 7.85 Å². The van der Waals surface area contributed by atoms with Gasteiger partial charge in [0.2, 0.25) is 0 Å². The van der Waals surface area contributed by atoms with Gasteiger partial charge in [0, 0.05) is 11.8 Å². The lowest BCUT2D eigenvalue weighted by atomic mass is 9.71. The quantitative estimate of drug-likeness (QED) is 0.454. The lowest BCUT2D eigenvalue weighted by Crippen LogP contribution is -2.23. The van der Waals surface area contributed by atoms with Crippen LogP contribution in [0, 0.1) is 35.5 Å². The Hall–Kier alpha value is -0.375. The fourth-order valence-corrected chi connectivity index (χ4v) is 4.19. The minimum absolute atomic E-state index is 0.320. The van der Waals surface area contributed by atoms with Gasteiger partial charge in [-0.1, -0.05) is 70.0 Å². The number of rotatable bonds is 4. The van der Waals surface area contributed by atoms with Crippen molar-refractivity contribution in [2.24, 2.45) is 23.7 Å². The zero-order valence-corrected chi connectivity index (χ0v) is 14.2.